The molecule has 0 aliphatic rings. The summed E-state index contributed by atoms with van der Waals surface area (Å²) in [4.78, 5) is 31.4. The monoisotopic (exact) mass is 487 g/mol. The molecule has 34 heavy (non-hydrogen) atoms. The van der Waals surface area contributed by atoms with Gasteiger partial charge in [0.1, 0.15) is 11.4 Å². The second kappa shape index (κ2) is 9.05. The van der Waals surface area contributed by atoms with Crippen molar-refractivity contribution in [3.05, 3.63) is 77.0 Å². The van der Waals surface area contributed by atoms with E-state index in [2.05, 4.69) is 25.6 Å². The molecule has 2 amide bonds. The van der Waals surface area contributed by atoms with E-state index in [-0.39, 0.29) is 11.6 Å². The number of thiazole rings is 1. The Morgan fingerprint density at radius 3 is 2.59 bits per heavy atom. The molecule has 0 unspecified atom stereocenters. The molecule has 0 spiro atoms. The fourth-order valence-corrected chi connectivity index (χ4v) is 4.50. The Balaban J connectivity index is 1.60. The zero-order valence-corrected chi connectivity index (χ0v) is 19.5. The highest BCUT2D eigenvalue weighted by Gasteiger charge is 2.20. The molecule has 0 atom stereocenters. The van der Waals surface area contributed by atoms with Gasteiger partial charge in [0.2, 0.25) is 0 Å². The molecule has 168 valence electrons. The van der Waals surface area contributed by atoms with Crippen LogP contribution in [-0.2, 0) is 0 Å². The van der Waals surface area contributed by atoms with Crippen molar-refractivity contribution in [1.29, 1.82) is 0 Å². The van der Waals surface area contributed by atoms with E-state index in [1.165, 1.54) is 11.3 Å². The van der Waals surface area contributed by atoms with Gasteiger partial charge in [-0.15, -0.1) is 11.3 Å². The van der Waals surface area contributed by atoms with Crippen LogP contribution in [0.3, 0.4) is 0 Å². The van der Waals surface area contributed by atoms with Crippen LogP contribution in [0.5, 0.6) is 0 Å². The number of nitrogens with two attached hydrogens (primary N) is 1. The standard InChI is InChI=1S/C24H18ClN7OS/c1-13-28-12-18(34-13)21-20(15-10-14-6-5-9-27-19(14)17(25)11-15)31-23(22(26)30-21)32-24(33)29-16-7-3-2-4-8-16/h2-12H,1H3,(H2,26,30)(H2,29,31,32,33). The average Bonchev–Trinajstić information content (AvgIpc) is 3.27. The Morgan fingerprint density at radius 2 is 1.82 bits per heavy atom. The number of rotatable bonds is 4. The van der Waals surface area contributed by atoms with E-state index < -0.39 is 6.03 Å². The number of carbonyl (C=O) groups is 1. The first-order chi connectivity index (χ1) is 16.5. The number of nitrogen functional groups attached to an aromatic ring is 1. The minimum atomic E-state index is -0.486. The van der Waals surface area contributed by atoms with Gasteiger partial charge in [-0.05, 0) is 37.3 Å². The third-order valence-corrected chi connectivity index (χ3v) is 6.18. The van der Waals surface area contributed by atoms with Crippen LogP contribution in [-0.4, -0.2) is 26.0 Å². The summed E-state index contributed by atoms with van der Waals surface area (Å²) in [6.07, 6.45) is 3.42. The SMILES string of the molecule is Cc1ncc(-c2nc(N)c(NC(=O)Nc3ccccc3)nc2-c2cc(Cl)c3ncccc3c2)s1. The van der Waals surface area contributed by atoms with Gasteiger partial charge in [0.25, 0.3) is 0 Å². The van der Waals surface area contributed by atoms with Crippen molar-refractivity contribution in [3.63, 3.8) is 0 Å². The maximum absolute atomic E-state index is 12.6. The van der Waals surface area contributed by atoms with Crippen LogP contribution in [0.1, 0.15) is 5.01 Å². The van der Waals surface area contributed by atoms with Crippen LogP contribution in [0.2, 0.25) is 5.02 Å². The summed E-state index contributed by atoms with van der Waals surface area (Å²) in [5.41, 5.74) is 9.31. The van der Waals surface area contributed by atoms with Gasteiger partial charge in [-0.25, -0.2) is 19.7 Å². The molecule has 0 radical (unpaired) electrons. The number of carbonyl (C=O) groups excluding carboxylic acids is 1. The molecule has 0 saturated heterocycles. The van der Waals surface area contributed by atoms with Gasteiger partial charge < -0.3 is 11.1 Å². The summed E-state index contributed by atoms with van der Waals surface area (Å²) in [7, 11) is 0. The van der Waals surface area contributed by atoms with Crippen molar-refractivity contribution in [2.45, 2.75) is 6.92 Å². The van der Waals surface area contributed by atoms with Gasteiger partial charge in [0.15, 0.2) is 11.6 Å². The number of anilines is 3. The number of benzene rings is 2. The van der Waals surface area contributed by atoms with Gasteiger partial charge in [0.05, 0.1) is 20.4 Å². The van der Waals surface area contributed by atoms with Crippen LogP contribution in [0, 0.1) is 6.92 Å². The van der Waals surface area contributed by atoms with Gasteiger partial charge in [0, 0.05) is 29.0 Å². The highest BCUT2D eigenvalue weighted by atomic mass is 35.5. The summed E-state index contributed by atoms with van der Waals surface area (Å²) < 4.78 is 0. The second-order valence-corrected chi connectivity index (χ2v) is 9.02. The second-order valence-electron chi connectivity index (χ2n) is 7.38. The molecule has 0 fully saturated rings. The minimum absolute atomic E-state index is 0.0848. The van der Waals surface area contributed by atoms with Crippen LogP contribution in [0.15, 0.2) is 67.0 Å². The van der Waals surface area contributed by atoms with E-state index >= 15 is 0 Å². The van der Waals surface area contributed by atoms with Crippen molar-refractivity contribution in [1.82, 2.24) is 19.9 Å². The largest absolute Gasteiger partial charge is 0.381 e. The molecule has 8 nitrogen and oxygen atoms in total. The number of pyridine rings is 1. The molecule has 5 rings (SSSR count). The van der Waals surface area contributed by atoms with Crippen LogP contribution < -0.4 is 16.4 Å². The Bertz CT molecular complexity index is 1520. The van der Waals surface area contributed by atoms with Gasteiger partial charge >= 0.3 is 6.03 Å². The smallest absolute Gasteiger partial charge is 0.324 e. The number of aromatic nitrogens is 4. The van der Waals surface area contributed by atoms with Crippen LogP contribution in [0.4, 0.5) is 22.1 Å². The topological polar surface area (TPSA) is 119 Å². The minimum Gasteiger partial charge on any atom is -0.381 e. The van der Waals surface area contributed by atoms with Gasteiger partial charge in [-0.2, -0.15) is 0 Å². The van der Waals surface area contributed by atoms with Crippen molar-refractivity contribution < 1.29 is 4.79 Å². The van der Waals surface area contributed by atoms with E-state index in [1.54, 1.807) is 30.6 Å². The molecule has 0 aliphatic carbocycles. The molecular formula is C24H18ClN7OS. The molecule has 3 aromatic heterocycles. The Hall–Kier alpha value is -4.08. The predicted octanol–water partition coefficient (Wildman–Crippen LogP) is 6.00. The predicted molar refractivity (Wildman–Crippen MR) is 137 cm³/mol. The first-order valence-corrected chi connectivity index (χ1v) is 11.5. The fraction of sp³-hybridized carbons (Fsp3) is 0.0417. The normalized spacial score (nSPS) is 10.9. The number of amides is 2. The van der Waals surface area contributed by atoms with Crippen molar-refractivity contribution in [2.24, 2.45) is 0 Å². The first-order valence-electron chi connectivity index (χ1n) is 10.3. The lowest BCUT2D eigenvalue weighted by Gasteiger charge is -2.14. The summed E-state index contributed by atoms with van der Waals surface area (Å²) in [6, 6.07) is 16.1. The molecule has 0 saturated carbocycles. The van der Waals surface area contributed by atoms with Crippen LogP contribution >= 0.6 is 22.9 Å². The molecule has 2 aromatic carbocycles. The number of hydrogen-bond donors (Lipinski definition) is 3. The van der Waals surface area contributed by atoms with Gasteiger partial charge in [-0.3, -0.25) is 10.3 Å². The van der Waals surface area contributed by atoms with Crippen molar-refractivity contribution in [3.8, 4) is 21.8 Å². The molecule has 0 aliphatic heterocycles. The lowest BCUT2D eigenvalue weighted by atomic mass is 10.1. The molecule has 0 bridgehead atoms. The zero-order valence-electron chi connectivity index (χ0n) is 17.9. The summed E-state index contributed by atoms with van der Waals surface area (Å²) in [5.74, 6) is 0.220. The quantitative estimate of drug-likeness (QED) is 0.286. The maximum atomic E-state index is 12.6. The molecule has 10 heteroatoms. The van der Waals surface area contributed by atoms with Crippen LogP contribution in [0.25, 0.3) is 32.7 Å². The molecule has 3 heterocycles. The van der Waals surface area contributed by atoms with E-state index in [0.717, 1.165) is 15.3 Å². The van der Waals surface area contributed by atoms with E-state index in [0.29, 0.717) is 33.2 Å². The highest BCUT2D eigenvalue weighted by molar-refractivity contribution is 7.15. The summed E-state index contributed by atoms with van der Waals surface area (Å²) in [6.45, 7) is 1.91. The zero-order chi connectivity index (χ0) is 23.7. The maximum Gasteiger partial charge on any atom is 0.324 e. The van der Waals surface area contributed by atoms with Gasteiger partial charge in [-0.1, -0.05) is 35.9 Å². The number of para-hydroxylation sites is 1. The molecule has 5 aromatic rings. The Morgan fingerprint density at radius 1 is 1.00 bits per heavy atom. The van der Waals surface area contributed by atoms with Crippen molar-refractivity contribution >= 4 is 57.2 Å². The Kier molecular flexibility index (Phi) is 5.79. The number of hydrogen-bond acceptors (Lipinski definition) is 7. The number of aryl methyl sites for hydroxylation is 1. The first kappa shape index (κ1) is 21.7. The highest BCUT2D eigenvalue weighted by Crippen LogP contribution is 2.37. The third-order valence-electron chi connectivity index (χ3n) is 4.97. The lowest BCUT2D eigenvalue weighted by Crippen LogP contribution is -2.21. The lowest BCUT2D eigenvalue weighted by molar-refractivity contribution is 0.262. The Labute approximate surface area is 203 Å². The fourth-order valence-electron chi connectivity index (χ4n) is 3.46. The van der Waals surface area contributed by atoms with E-state index in [9.17, 15) is 4.79 Å². The van der Waals surface area contributed by atoms with E-state index in [1.807, 2.05) is 43.3 Å². The average molecular weight is 488 g/mol. The number of fused-ring (bicyclic) bond motifs is 1. The van der Waals surface area contributed by atoms with E-state index in [4.69, 9.17) is 22.3 Å². The molecular weight excluding hydrogens is 470 g/mol. The third kappa shape index (κ3) is 4.39. The summed E-state index contributed by atoms with van der Waals surface area (Å²) >= 11 is 8.01. The number of nitrogens with one attached hydrogen (secondary N) is 2. The number of nitrogens with zero attached hydrogens (tertiary/aromatic N) is 4. The van der Waals surface area contributed by atoms with Crippen molar-refractivity contribution in [2.75, 3.05) is 16.4 Å². The number of halogens is 1. The summed E-state index contributed by atoms with van der Waals surface area (Å²) in [5, 5.41) is 7.66. The molecule has 4 N–H and O–H groups in total. The number of urea groups is 1.